The summed E-state index contributed by atoms with van der Waals surface area (Å²) in [6.45, 7) is 10.9. The molecule has 2 aromatic carbocycles. The van der Waals surface area contributed by atoms with Crippen molar-refractivity contribution in [2.45, 2.75) is 64.0 Å². The quantitative estimate of drug-likeness (QED) is 0.147. The second-order valence-electron chi connectivity index (χ2n) is 17.5. The third kappa shape index (κ3) is 9.20. The lowest BCUT2D eigenvalue weighted by molar-refractivity contribution is -0.129. The van der Waals surface area contributed by atoms with Gasteiger partial charge in [-0.1, -0.05) is 60.7 Å². The van der Waals surface area contributed by atoms with E-state index < -0.39 is 0 Å². The summed E-state index contributed by atoms with van der Waals surface area (Å²) in [5.41, 5.74) is 10.5. The van der Waals surface area contributed by atoms with E-state index in [1.165, 1.54) is 45.9 Å². The van der Waals surface area contributed by atoms with Crippen molar-refractivity contribution in [2.75, 3.05) is 75.8 Å². The van der Waals surface area contributed by atoms with Crippen LogP contribution >= 0.6 is 22.7 Å². The molecule has 4 aliphatic heterocycles. The van der Waals surface area contributed by atoms with Gasteiger partial charge in [-0.15, -0.1) is 22.7 Å². The van der Waals surface area contributed by atoms with E-state index in [1.807, 2.05) is 18.0 Å². The summed E-state index contributed by atoms with van der Waals surface area (Å²) in [5, 5.41) is 6.77. The smallest absolute Gasteiger partial charge is 0.234 e. The summed E-state index contributed by atoms with van der Waals surface area (Å²) in [4.78, 5) is 55.6. The van der Waals surface area contributed by atoms with Gasteiger partial charge in [-0.25, -0.2) is 19.9 Å². The number of anilines is 2. The normalized spacial score (nSPS) is 20.5. The molecular weight excluding hydrogens is 813 g/mol. The Kier molecular flexibility index (Phi) is 13.1. The molecule has 4 saturated heterocycles. The maximum Gasteiger partial charge on any atom is 0.234 e. The summed E-state index contributed by atoms with van der Waals surface area (Å²) < 4.78 is 0. The number of likely N-dealkylation sites (N-methyl/N-ethyl adjacent to an activating group) is 1. The van der Waals surface area contributed by atoms with E-state index in [0.29, 0.717) is 17.9 Å². The minimum atomic E-state index is -0.167. The Balaban J connectivity index is 0.000000158. The Bertz CT molecular complexity index is 2450. The van der Waals surface area contributed by atoms with Crippen LogP contribution in [0.5, 0.6) is 0 Å². The van der Waals surface area contributed by atoms with Gasteiger partial charge in [0.15, 0.2) is 0 Å². The van der Waals surface area contributed by atoms with Crippen LogP contribution < -0.4 is 15.5 Å². The number of benzene rings is 2. The van der Waals surface area contributed by atoms with E-state index in [9.17, 15) is 9.59 Å². The van der Waals surface area contributed by atoms with E-state index in [1.54, 1.807) is 42.3 Å². The van der Waals surface area contributed by atoms with Crippen LogP contribution in [0.15, 0.2) is 84.1 Å². The SMILES string of the molecule is CC(=O)N(C)C1CCN(CC2CCN(c3ncnc4scc(-c5ccccc5)c34)CC2)C1.NC(=O)C1CCCN1CC1CCN(c2ncnc3scc(-c4ccccc4)c23)CC1. The average Bonchev–Trinajstić information content (AvgIpc) is 4.15. The number of hydrogen-bond donors (Lipinski definition) is 1. The third-order valence-corrected chi connectivity index (χ3v) is 15.5. The predicted octanol–water partition coefficient (Wildman–Crippen LogP) is 7.65. The molecule has 62 heavy (non-hydrogen) atoms. The topological polar surface area (TPSA) is 128 Å². The number of carbonyl (C=O) groups excluding carboxylic acids is 2. The van der Waals surface area contributed by atoms with Crippen molar-refractivity contribution in [1.29, 1.82) is 0 Å². The molecule has 14 heteroatoms. The van der Waals surface area contributed by atoms with Gasteiger partial charge < -0.3 is 25.3 Å². The van der Waals surface area contributed by atoms with Crippen LogP contribution in [0.2, 0.25) is 0 Å². The molecule has 4 fully saturated rings. The number of aromatic nitrogens is 4. The van der Waals surface area contributed by atoms with Crippen LogP contribution in [0, 0.1) is 11.8 Å². The minimum Gasteiger partial charge on any atom is -0.368 e. The molecule has 0 bridgehead atoms. The van der Waals surface area contributed by atoms with Crippen LogP contribution in [-0.4, -0.2) is 124 Å². The first kappa shape index (κ1) is 42.3. The number of piperidine rings is 2. The summed E-state index contributed by atoms with van der Waals surface area (Å²) in [6.07, 6.45) is 11.1. The highest BCUT2D eigenvalue weighted by Gasteiger charge is 2.33. The van der Waals surface area contributed by atoms with E-state index in [2.05, 4.69) is 94.9 Å². The fraction of sp³-hybridized carbons (Fsp3) is 0.458. The van der Waals surface area contributed by atoms with Gasteiger partial charge in [0.2, 0.25) is 11.8 Å². The standard InChI is InChI=1S/C25H31N5OS.C23H27N5OS/c1-18(31)28(2)21-10-11-29(15-21)14-19-8-12-30(13-9-19)24-23-22(20-6-4-3-5-7-20)16-32-25(23)27-17-26-24;24-21(29)19-7-4-10-28(19)13-16-8-11-27(12-9-16)22-20-18(17-5-2-1-3-6-17)14-30-23(20)26-15-25-22/h3-7,16-17,19,21H,8-15H2,1-2H3;1-3,5-6,14-16,19H,4,7-13H2,(H2,24,29). The summed E-state index contributed by atoms with van der Waals surface area (Å²) in [5.74, 6) is 3.45. The highest BCUT2D eigenvalue weighted by molar-refractivity contribution is 7.17. The highest BCUT2D eigenvalue weighted by Crippen LogP contribution is 2.40. The van der Waals surface area contributed by atoms with Crippen molar-refractivity contribution < 1.29 is 9.59 Å². The molecule has 4 aromatic heterocycles. The molecule has 8 heterocycles. The average molecular weight is 871 g/mol. The van der Waals surface area contributed by atoms with E-state index >= 15 is 0 Å². The molecule has 0 aliphatic carbocycles. The lowest BCUT2D eigenvalue weighted by Gasteiger charge is -2.35. The zero-order chi connectivity index (χ0) is 42.6. The summed E-state index contributed by atoms with van der Waals surface area (Å²) in [7, 11) is 1.94. The van der Waals surface area contributed by atoms with Crippen molar-refractivity contribution in [3.05, 3.63) is 84.1 Å². The van der Waals surface area contributed by atoms with Crippen molar-refractivity contribution in [1.82, 2.24) is 34.6 Å². The Morgan fingerprint density at radius 3 is 1.69 bits per heavy atom. The number of hydrogen-bond acceptors (Lipinski definition) is 12. The van der Waals surface area contributed by atoms with Gasteiger partial charge in [-0.2, -0.15) is 0 Å². The molecule has 2 atom stereocenters. The third-order valence-electron chi connectivity index (χ3n) is 13.7. The van der Waals surface area contributed by atoms with Crippen LogP contribution in [0.4, 0.5) is 11.6 Å². The lowest BCUT2D eigenvalue weighted by atomic mass is 9.95. The fourth-order valence-electron chi connectivity index (χ4n) is 10.1. The van der Waals surface area contributed by atoms with Gasteiger partial charge in [0.1, 0.15) is 34.0 Å². The first-order chi connectivity index (χ1) is 30.3. The molecule has 4 aliphatic rings. The predicted molar refractivity (Wildman–Crippen MR) is 253 cm³/mol. The zero-order valence-corrected chi connectivity index (χ0v) is 37.6. The molecule has 10 rings (SSSR count). The van der Waals surface area contributed by atoms with Gasteiger partial charge in [-0.05, 0) is 74.5 Å². The second kappa shape index (κ2) is 19.2. The highest BCUT2D eigenvalue weighted by atomic mass is 32.1. The largest absolute Gasteiger partial charge is 0.368 e. The molecular formula is C48H58N10O2S2. The Hall–Kier alpha value is -5.02. The van der Waals surface area contributed by atoms with Crippen molar-refractivity contribution in [3.63, 3.8) is 0 Å². The Morgan fingerprint density at radius 2 is 1.19 bits per heavy atom. The van der Waals surface area contributed by atoms with Crippen LogP contribution in [0.3, 0.4) is 0 Å². The number of thiophene rings is 2. The lowest BCUT2D eigenvalue weighted by Crippen LogP contribution is -2.44. The first-order valence-corrected chi connectivity index (χ1v) is 24.1. The first-order valence-electron chi connectivity index (χ1n) is 22.3. The van der Waals surface area contributed by atoms with Gasteiger partial charge in [0.05, 0.1) is 16.8 Å². The summed E-state index contributed by atoms with van der Waals surface area (Å²) >= 11 is 3.38. The molecule has 6 aromatic rings. The fourth-order valence-corrected chi connectivity index (χ4v) is 11.9. The van der Waals surface area contributed by atoms with Gasteiger partial charge in [0, 0.05) is 94.3 Å². The number of nitrogens with two attached hydrogens (primary N) is 1. The number of rotatable bonds is 10. The molecule has 0 radical (unpaired) electrons. The number of primary amides is 1. The number of amides is 2. The summed E-state index contributed by atoms with van der Waals surface area (Å²) in [6, 6.07) is 21.4. The number of carbonyl (C=O) groups is 2. The van der Waals surface area contributed by atoms with Crippen LogP contribution in [0.1, 0.15) is 51.9 Å². The monoisotopic (exact) mass is 870 g/mol. The second-order valence-corrected chi connectivity index (χ2v) is 19.3. The molecule has 2 amide bonds. The van der Waals surface area contributed by atoms with Crippen LogP contribution in [0.25, 0.3) is 42.7 Å². The van der Waals surface area contributed by atoms with Crippen LogP contribution in [-0.2, 0) is 9.59 Å². The number of likely N-dealkylation sites (tertiary alicyclic amines) is 2. The minimum absolute atomic E-state index is 0.0660. The van der Waals surface area contributed by atoms with E-state index in [0.717, 1.165) is 112 Å². The number of fused-ring (bicyclic) bond motifs is 2. The van der Waals surface area contributed by atoms with Gasteiger partial charge >= 0.3 is 0 Å². The van der Waals surface area contributed by atoms with Gasteiger partial charge in [-0.3, -0.25) is 14.5 Å². The van der Waals surface area contributed by atoms with Crippen molar-refractivity contribution in [2.24, 2.45) is 17.6 Å². The molecule has 12 nitrogen and oxygen atoms in total. The maximum atomic E-state index is 11.7. The number of nitrogens with zero attached hydrogens (tertiary/aromatic N) is 9. The maximum absolute atomic E-state index is 11.7. The Labute approximate surface area is 372 Å². The van der Waals surface area contributed by atoms with Crippen molar-refractivity contribution in [3.8, 4) is 22.3 Å². The van der Waals surface area contributed by atoms with E-state index in [-0.39, 0.29) is 17.9 Å². The molecule has 0 spiro atoms. The molecule has 324 valence electrons. The molecule has 0 saturated carbocycles. The molecule has 2 N–H and O–H groups in total. The molecule has 2 unspecified atom stereocenters. The van der Waals surface area contributed by atoms with Gasteiger partial charge in [0.25, 0.3) is 0 Å². The van der Waals surface area contributed by atoms with Crippen molar-refractivity contribution >= 4 is 66.6 Å². The Morgan fingerprint density at radius 1 is 0.677 bits per heavy atom. The zero-order valence-electron chi connectivity index (χ0n) is 35.9. The van der Waals surface area contributed by atoms with E-state index in [4.69, 9.17) is 15.7 Å².